The maximum atomic E-state index is 13.5. The van der Waals surface area contributed by atoms with Gasteiger partial charge in [-0.2, -0.15) is 5.10 Å². The Labute approximate surface area is 195 Å². The van der Waals surface area contributed by atoms with E-state index in [9.17, 15) is 9.59 Å². The summed E-state index contributed by atoms with van der Waals surface area (Å²) in [5.74, 6) is 2.87. The second kappa shape index (κ2) is 8.47. The minimum atomic E-state index is -0.533. The lowest BCUT2D eigenvalue weighted by molar-refractivity contribution is -0.120. The molecule has 4 saturated carbocycles. The molecular formula is C27H34N4O2. The summed E-state index contributed by atoms with van der Waals surface area (Å²) < 4.78 is 1.74. The van der Waals surface area contributed by atoms with Gasteiger partial charge in [0.15, 0.2) is 0 Å². The molecule has 1 heterocycles. The van der Waals surface area contributed by atoms with E-state index < -0.39 is 5.54 Å². The van der Waals surface area contributed by atoms with E-state index in [4.69, 9.17) is 0 Å². The lowest BCUT2D eigenvalue weighted by atomic mass is 9.54. The van der Waals surface area contributed by atoms with Gasteiger partial charge >= 0.3 is 0 Å². The van der Waals surface area contributed by atoms with Gasteiger partial charge in [0.1, 0.15) is 0 Å². The Hall–Kier alpha value is -2.89. The van der Waals surface area contributed by atoms with Crippen LogP contribution in [0.3, 0.4) is 0 Å². The lowest BCUT2D eigenvalue weighted by Crippen LogP contribution is -2.55. The highest BCUT2D eigenvalue weighted by Gasteiger charge is 2.48. The molecule has 2 aromatic rings. The zero-order valence-corrected chi connectivity index (χ0v) is 19.8. The first-order valence-electron chi connectivity index (χ1n) is 12.2. The fraction of sp³-hybridized carbons (Fsp3) is 0.519. The largest absolute Gasteiger partial charge is 0.349 e. The van der Waals surface area contributed by atoms with E-state index in [0.717, 1.165) is 23.1 Å². The van der Waals surface area contributed by atoms with E-state index in [1.165, 1.54) is 39.0 Å². The van der Waals surface area contributed by atoms with E-state index in [0.29, 0.717) is 17.4 Å². The average molecular weight is 447 g/mol. The van der Waals surface area contributed by atoms with Crippen LogP contribution in [0, 0.1) is 23.7 Å². The summed E-state index contributed by atoms with van der Waals surface area (Å²) in [4.78, 5) is 25.1. The number of nitrogens with zero attached hydrogens (tertiary/aromatic N) is 2. The van der Waals surface area contributed by atoms with Crippen molar-refractivity contribution in [2.45, 2.75) is 64.5 Å². The van der Waals surface area contributed by atoms with Gasteiger partial charge in [-0.1, -0.05) is 30.3 Å². The molecule has 33 heavy (non-hydrogen) atoms. The number of amides is 2. The first-order valence-corrected chi connectivity index (χ1v) is 12.2. The van der Waals surface area contributed by atoms with Crippen LogP contribution in [0.15, 0.2) is 42.6 Å². The molecule has 0 radical (unpaired) electrons. The molecule has 6 heteroatoms. The summed E-state index contributed by atoms with van der Waals surface area (Å²) in [5.41, 5.74) is 1.77. The third kappa shape index (κ3) is 4.48. The predicted molar refractivity (Wildman–Crippen MR) is 129 cm³/mol. The number of rotatable bonds is 6. The normalized spacial score (nSPS) is 28.3. The zero-order chi connectivity index (χ0) is 23.2. The quantitative estimate of drug-likeness (QED) is 0.686. The van der Waals surface area contributed by atoms with Crippen molar-refractivity contribution < 1.29 is 9.59 Å². The number of hydrogen-bond acceptors (Lipinski definition) is 3. The predicted octanol–water partition coefficient (Wildman–Crippen LogP) is 4.49. The van der Waals surface area contributed by atoms with E-state index in [1.807, 2.05) is 56.5 Å². The van der Waals surface area contributed by atoms with Crippen LogP contribution >= 0.6 is 0 Å². The molecule has 0 atom stereocenters. The van der Waals surface area contributed by atoms with Crippen molar-refractivity contribution in [2.24, 2.45) is 23.7 Å². The van der Waals surface area contributed by atoms with Crippen molar-refractivity contribution in [3.8, 4) is 11.3 Å². The molecule has 4 aliphatic carbocycles. The molecule has 2 amide bonds. The molecule has 0 unspecified atom stereocenters. The van der Waals surface area contributed by atoms with E-state index in [1.54, 1.807) is 10.9 Å². The van der Waals surface area contributed by atoms with Crippen molar-refractivity contribution in [2.75, 3.05) is 0 Å². The zero-order valence-electron chi connectivity index (χ0n) is 19.8. The Morgan fingerprint density at radius 2 is 1.67 bits per heavy atom. The standard InChI is InChI=1S/C27H34N4O2/c1-17(32)30-27(2,3)9-10-31-25(20-7-5-4-6-8-20)23(16-28-31)26(33)29-24-21-12-18-11-19(14-21)15-22(24)13-18/h4-10,16,18-19,21-22,24H,11-15H2,1-3H3,(H,29,33)(H,30,32)/b10-9+. The second-order valence-electron chi connectivity index (χ2n) is 10.9. The maximum Gasteiger partial charge on any atom is 0.255 e. The number of carbonyl (C=O) groups is 2. The molecule has 6 nitrogen and oxygen atoms in total. The van der Waals surface area contributed by atoms with Gasteiger partial charge < -0.3 is 10.6 Å². The van der Waals surface area contributed by atoms with Gasteiger partial charge in [-0.25, -0.2) is 4.68 Å². The van der Waals surface area contributed by atoms with Gasteiger partial charge in [0.25, 0.3) is 5.91 Å². The SMILES string of the molecule is CC(=O)NC(C)(C)/C=C/n1ncc(C(=O)NC2C3CC4CC(C3)CC2C4)c1-c1ccccc1. The summed E-state index contributed by atoms with van der Waals surface area (Å²) in [6.07, 6.45) is 11.9. The third-order valence-corrected chi connectivity index (χ3v) is 7.74. The van der Waals surface area contributed by atoms with E-state index >= 15 is 0 Å². The number of hydrogen-bond donors (Lipinski definition) is 2. The number of aromatic nitrogens is 2. The smallest absolute Gasteiger partial charge is 0.255 e. The Bertz CT molecular complexity index is 1040. The average Bonchev–Trinajstić information content (AvgIpc) is 3.18. The maximum absolute atomic E-state index is 13.5. The van der Waals surface area contributed by atoms with Crippen molar-refractivity contribution >= 4 is 18.0 Å². The van der Waals surface area contributed by atoms with Crippen molar-refractivity contribution in [3.05, 3.63) is 48.2 Å². The highest BCUT2D eigenvalue weighted by atomic mass is 16.2. The van der Waals surface area contributed by atoms with Crippen molar-refractivity contribution in [1.29, 1.82) is 0 Å². The molecule has 0 saturated heterocycles. The lowest BCUT2D eigenvalue weighted by Gasteiger charge is -2.54. The molecule has 6 rings (SSSR count). The van der Waals surface area contributed by atoms with Crippen LogP contribution in [0.5, 0.6) is 0 Å². The monoisotopic (exact) mass is 446 g/mol. The Balaban J connectivity index is 1.43. The molecule has 4 fully saturated rings. The molecule has 1 aromatic heterocycles. The van der Waals surface area contributed by atoms with E-state index in [-0.39, 0.29) is 17.9 Å². The van der Waals surface area contributed by atoms with Crippen LogP contribution in [0.1, 0.15) is 63.2 Å². The van der Waals surface area contributed by atoms with Crippen LogP contribution in [0.4, 0.5) is 0 Å². The molecule has 174 valence electrons. The van der Waals surface area contributed by atoms with Gasteiger partial charge in [0.2, 0.25) is 5.91 Å². The molecule has 0 spiro atoms. The van der Waals surface area contributed by atoms with Crippen LogP contribution in [-0.4, -0.2) is 33.2 Å². The van der Waals surface area contributed by atoms with Gasteiger partial charge in [0, 0.05) is 24.7 Å². The number of carbonyl (C=O) groups excluding carboxylic acids is 2. The summed E-state index contributed by atoms with van der Waals surface area (Å²) in [7, 11) is 0. The third-order valence-electron chi connectivity index (χ3n) is 7.74. The fourth-order valence-corrected chi connectivity index (χ4v) is 6.67. The van der Waals surface area contributed by atoms with E-state index in [2.05, 4.69) is 15.7 Å². The first kappa shape index (κ1) is 21.9. The molecule has 0 aliphatic heterocycles. The van der Waals surface area contributed by atoms with Crippen LogP contribution in [0.2, 0.25) is 0 Å². The topological polar surface area (TPSA) is 76.0 Å². The highest BCUT2D eigenvalue weighted by Crippen LogP contribution is 2.53. The van der Waals surface area contributed by atoms with Crippen LogP contribution in [-0.2, 0) is 4.79 Å². The minimum absolute atomic E-state index is 0.0351. The first-order chi connectivity index (χ1) is 15.8. The van der Waals surface area contributed by atoms with Gasteiger partial charge in [-0.15, -0.1) is 0 Å². The Kier molecular flexibility index (Phi) is 5.63. The Morgan fingerprint density at radius 3 is 2.27 bits per heavy atom. The summed E-state index contributed by atoms with van der Waals surface area (Å²) in [6, 6.07) is 10.2. The van der Waals surface area contributed by atoms with Gasteiger partial charge in [0.05, 0.1) is 23.0 Å². The minimum Gasteiger partial charge on any atom is -0.349 e. The van der Waals surface area contributed by atoms with Crippen LogP contribution < -0.4 is 10.6 Å². The second-order valence-corrected chi connectivity index (χ2v) is 10.9. The summed E-state index contributed by atoms with van der Waals surface area (Å²) >= 11 is 0. The van der Waals surface area contributed by atoms with Crippen LogP contribution in [0.25, 0.3) is 17.5 Å². The summed E-state index contributed by atoms with van der Waals surface area (Å²) in [6.45, 7) is 5.36. The van der Waals surface area contributed by atoms with Crippen molar-refractivity contribution in [1.82, 2.24) is 20.4 Å². The molecule has 1 aromatic carbocycles. The fourth-order valence-electron chi connectivity index (χ4n) is 6.67. The summed E-state index contributed by atoms with van der Waals surface area (Å²) in [5, 5.41) is 10.9. The number of nitrogens with one attached hydrogen (secondary N) is 2. The van der Waals surface area contributed by atoms with Gasteiger partial charge in [-0.3, -0.25) is 9.59 Å². The van der Waals surface area contributed by atoms with Gasteiger partial charge in [-0.05, 0) is 75.7 Å². The number of benzene rings is 1. The molecular weight excluding hydrogens is 412 g/mol. The highest BCUT2D eigenvalue weighted by molar-refractivity contribution is 6.00. The Morgan fingerprint density at radius 1 is 1.03 bits per heavy atom. The molecule has 2 N–H and O–H groups in total. The van der Waals surface area contributed by atoms with Crippen molar-refractivity contribution in [3.63, 3.8) is 0 Å². The molecule has 4 bridgehead atoms. The molecule has 4 aliphatic rings.